The van der Waals surface area contributed by atoms with Gasteiger partial charge in [0.25, 0.3) is 23.3 Å². The fraction of sp³-hybridized carbons (Fsp3) is 0.406. The first kappa shape index (κ1) is 31.9. The van der Waals surface area contributed by atoms with Gasteiger partial charge in [0.1, 0.15) is 5.56 Å². The van der Waals surface area contributed by atoms with E-state index >= 15 is 0 Å². The van der Waals surface area contributed by atoms with Gasteiger partial charge in [-0.15, -0.1) is 0 Å². The second kappa shape index (κ2) is 12.5. The molecule has 3 aliphatic heterocycles. The van der Waals surface area contributed by atoms with E-state index in [9.17, 15) is 32.3 Å². The SMILES string of the molecule is CC(C)n1c(=O)c(C(=O)NC2C[C@H]3CC[C@@H](C2)N3CCN2C(=O)c3ccccc3C2=O)cc2ccccc21.O=C(O)C(F)(F)F. The van der Waals surface area contributed by atoms with Crippen LogP contribution < -0.4 is 10.9 Å². The van der Waals surface area contributed by atoms with Crippen molar-refractivity contribution in [1.82, 2.24) is 19.7 Å². The standard InChI is InChI=1S/C30H32N4O4.C2HF3O2/c1-18(2)34-26-10-6-3-7-19(26)15-25(30(34)38)27(35)31-20-16-21-11-12-22(17-20)32(21)13-14-33-28(36)23-8-4-5-9-24(23)29(33)37;3-2(4,5)1(6)7/h3-10,15,18,20-22H,11-14,16-17H2,1-2H3,(H,31,35);(H,6,7)/t20?,21-,22+;. The predicted molar refractivity (Wildman–Crippen MR) is 158 cm³/mol. The van der Waals surface area contributed by atoms with Gasteiger partial charge in [0, 0.05) is 37.3 Å². The van der Waals surface area contributed by atoms with Crippen LogP contribution in [0.5, 0.6) is 0 Å². The Morgan fingerprint density at radius 1 is 0.911 bits per heavy atom. The number of nitrogens with one attached hydrogen (secondary N) is 1. The number of fused-ring (bicyclic) bond motifs is 4. The lowest BCUT2D eigenvalue weighted by Gasteiger charge is -2.39. The van der Waals surface area contributed by atoms with E-state index in [2.05, 4.69) is 10.2 Å². The number of rotatable bonds is 6. The highest BCUT2D eigenvalue weighted by molar-refractivity contribution is 6.21. The number of amides is 3. The number of aromatic nitrogens is 1. The zero-order valence-electron chi connectivity index (χ0n) is 24.7. The molecule has 1 unspecified atom stereocenters. The summed E-state index contributed by atoms with van der Waals surface area (Å²) in [6.07, 6.45) is -1.46. The summed E-state index contributed by atoms with van der Waals surface area (Å²) in [4.78, 5) is 64.8. The Balaban J connectivity index is 0.000000515. The summed E-state index contributed by atoms with van der Waals surface area (Å²) in [5, 5.41) is 11.1. The number of benzene rings is 2. The van der Waals surface area contributed by atoms with Crippen LogP contribution in [0.2, 0.25) is 0 Å². The Labute approximate surface area is 256 Å². The predicted octanol–water partition coefficient (Wildman–Crippen LogP) is 4.24. The van der Waals surface area contributed by atoms with Gasteiger partial charge in [-0.05, 0) is 69.2 Å². The quantitative estimate of drug-likeness (QED) is 0.392. The molecule has 3 atom stereocenters. The van der Waals surface area contributed by atoms with E-state index in [0.717, 1.165) is 36.6 Å². The maximum Gasteiger partial charge on any atom is 0.490 e. The van der Waals surface area contributed by atoms with Crippen LogP contribution in [0.4, 0.5) is 13.2 Å². The number of aliphatic carboxylic acids is 1. The van der Waals surface area contributed by atoms with E-state index in [4.69, 9.17) is 9.90 Å². The first-order chi connectivity index (χ1) is 21.3. The number of para-hydroxylation sites is 1. The molecule has 4 heterocycles. The summed E-state index contributed by atoms with van der Waals surface area (Å²) in [5.41, 5.74) is 1.70. The van der Waals surface area contributed by atoms with Crippen LogP contribution >= 0.6 is 0 Å². The molecule has 2 aromatic carbocycles. The van der Waals surface area contributed by atoms with Crippen molar-refractivity contribution in [3.05, 3.63) is 81.6 Å². The Morgan fingerprint density at radius 3 is 1.98 bits per heavy atom. The first-order valence-electron chi connectivity index (χ1n) is 14.7. The molecule has 10 nitrogen and oxygen atoms in total. The van der Waals surface area contributed by atoms with Gasteiger partial charge in [-0.3, -0.25) is 29.0 Å². The third-order valence-corrected chi connectivity index (χ3v) is 8.63. The monoisotopic (exact) mass is 626 g/mol. The summed E-state index contributed by atoms with van der Waals surface area (Å²) in [6.45, 7) is 4.89. The average Bonchev–Trinajstić information content (AvgIpc) is 3.37. The lowest BCUT2D eigenvalue weighted by atomic mass is 9.96. The Hall–Kier alpha value is -4.52. The van der Waals surface area contributed by atoms with E-state index in [-0.39, 0.29) is 53.0 Å². The highest BCUT2D eigenvalue weighted by atomic mass is 19.4. The first-order valence-corrected chi connectivity index (χ1v) is 14.7. The molecule has 238 valence electrons. The van der Waals surface area contributed by atoms with Crippen LogP contribution in [0.25, 0.3) is 10.9 Å². The topological polar surface area (TPSA) is 129 Å². The third kappa shape index (κ3) is 6.35. The number of nitrogens with zero attached hydrogens (tertiary/aromatic N) is 3. The number of carbonyl (C=O) groups is 4. The molecule has 2 bridgehead atoms. The van der Waals surface area contributed by atoms with Crippen molar-refractivity contribution in [2.75, 3.05) is 13.1 Å². The van der Waals surface area contributed by atoms with Crippen molar-refractivity contribution < 1.29 is 37.5 Å². The van der Waals surface area contributed by atoms with Crippen molar-refractivity contribution >= 4 is 34.6 Å². The molecular weight excluding hydrogens is 593 g/mol. The minimum atomic E-state index is -5.08. The number of alkyl halides is 3. The minimum absolute atomic E-state index is 0.0195. The van der Waals surface area contributed by atoms with Crippen LogP contribution in [-0.2, 0) is 4.79 Å². The Kier molecular flexibility index (Phi) is 8.83. The maximum atomic E-state index is 13.3. The molecule has 3 aromatic rings. The molecule has 0 radical (unpaired) electrons. The van der Waals surface area contributed by atoms with Crippen LogP contribution in [0.15, 0.2) is 59.4 Å². The second-order valence-corrected chi connectivity index (χ2v) is 11.8. The Bertz CT molecular complexity index is 1670. The molecule has 2 fully saturated rings. The van der Waals surface area contributed by atoms with E-state index in [0.29, 0.717) is 24.2 Å². The summed E-state index contributed by atoms with van der Waals surface area (Å²) in [7, 11) is 0. The number of halogens is 3. The molecule has 0 aliphatic carbocycles. The number of carboxylic acid groups (broad SMARTS) is 1. The largest absolute Gasteiger partial charge is 0.490 e. The van der Waals surface area contributed by atoms with Crippen molar-refractivity contribution in [2.24, 2.45) is 0 Å². The summed E-state index contributed by atoms with van der Waals surface area (Å²) in [5.74, 6) is -3.52. The number of piperidine rings is 1. The molecule has 45 heavy (non-hydrogen) atoms. The molecule has 3 aliphatic rings. The number of carbonyl (C=O) groups excluding carboxylic acids is 3. The van der Waals surface area contributed by atoms with Crippen molar-refractivity contribution in [3.63, 3.8) is 0 Å². The van der Waals surface area contributed by atoms with Gasteiger partial charge in [-0.2, -0.15) is 13.2 Å². The van der Waals surface area contributed by atoms with Crippen LogP contribution in [0.3, 0.4) is 0 Å². The number of hydrogen-bond donors (Lipinski definition) is 2. The lowest BCUT2D eigenvalue weighted by molar-refractivity contribution is -0.192. The lowest BCUT2D eigenvalue weighted by Crippen LogP contribution is -2.52. The molecule has 0 saturated carbocycles. The van der Waals surface area contributed by atoms with E-state index in [1.54, 1.807) is 34.9 Å². The summed E-state index contributed by atoms with van der Waals surface area (Å²) in [6, 6.07) is 16.8. The van der Waals surface area contributed by atoms with Crippen LogP contribution in [0.1, 0.15) is 76.6 Å². The fourth-order valence-corrected chi connectivity index (χ4v) is 6.64. The van der Waals surface area contributed by atoms with Gasteiger partial charge in [0.05, 0.1) is 16.6 Å². The number of imide groups is 1. The molecule has 0 spiro atoms. The summed E-state index contributed by atoms with van der Waals surface area (Å²) < 4.78 is 33.4. The molecular formula is C32H33F3N4O6. The van der Waals surface area contributed by atoms with Crippen molar-refractivity contribution in [1.29, 1.82) is 0 Å². The van der Waals surface area contributed by atoms with Gasteiger partial charge < -0.3 is 15.0 Å². The molecule has 2 saturated heterocycles. The highest BCUT2D eigenvalue weighted by Gasteiger charge is 2.43. The van der Waals surface area contributed by atoms with E-state index < -0.39 is 12.1 Å². The fourth-order valence-electron chi connectivity index (χ4n) is 6.64. The summed E-state index contributed by atoms with van der Waals surface area (Å²) >= 11 is 0. The van der Waals surface area contributed by atoms with Crippen molar-refractivity contribution in [3.8, 4) is 0 Å². The molecule has 2 N–H and O–H groups in total. The van der Waals surface area contributed by atoms with Gasteiger partial charge >= 0.3 is 12.1 Å². The van der Waals surface area contributed by atoms with E-state index in [1.807, 2.05) is 38.1 Å². The Morgan fingerprint density at radius 2 is 1.44 bits per heavy atom. The zero-order valence-corrected chi connectivity index (χ0v) is 24.7. The molecule has 13 heteroatoms. The van der Waals surface area contributed by atoms with Crippen LogP contribution in [0, 0.1) is 0 Å². The number of hydrogen-bond acceptors (Lipinski definition) is 6. The smallest absolute Gasteiger partial charge is 0.475 e. The molecule has 6 rings (SSSR count). The van der Waals surface area contributed by atoms with E-state index in [1.165, 1.54) is 4.90 Å². The van der Waals surface area contributed by atoms with Crippen LogP contribution in [-0.4, -0.2) is 80.6 Å². The number of pyridine rings is 1. The maximum absolute atomic E-state index is 13.3. The normalized spacial score (nSPS) is 21.1. The highest BCUT2D eigenvalue weighted by Crippen LogP contribution is 2.36. The van der Waals surface area contributed by atoms with Gasteiger partial charge in [-0.25, -0.2) is 4.79 Å². The second-order valence-electron chi connectivity index (χ2n) is 11.8. The average molecular weight is 627 g/mol. The van der Waals surface area contributed by atoms with Crippen molar-refractivity contribution in [2.45, 2.75) is 69.9 Å². The minimum Gasteiger partial charge on any atom is -0.475 e. The zero-order chi connectivity index (χ0) is 32.6. The van der Waals surface area contributed by atoms with Gasteiger partial charge in [0.15, 0.2) is 0 Å². The van der Waals surface area contributed by atoms with Gasteiger partial charge in [-0.1, -0.05) is 30.3 Å². The number of carboxylic acids is 1. The van der Waals surface area contributed by atoms with Gasteiger partial charge in [0.2, 0.25) is 0 Å². The third-order valence-electron chi connectivity index (χ3n) is 8.63. The molecule has 3 amide bonds. The molecule has 1 aromatic heterocycles.